The van der Waals surface area contributed by atoms with Crippen molar-refractivity contribution in [1.82, 2.24) is 24.7 Å². The molecule has 0 atom stereocenters. The molecule has 0 amide bonds. The van der Waals surface area contributed by atoms with Gasteiger partial charge < -0.3 is 4.42 Å². The van der Waals surface area contributed by atoms with Crippen LogP contribution in [0.15, 0.2) is 81.8 Å². The minimum absolute atomic E-state index is 0.295. The summed E-state index contributed by atoms with van der Waals surface area (Å²) >= 11 is 1.20. The zero-order valence-electron chi connectivity index (χ0n) is 15.4. The largest absolute Gasteiger partial charge is 0.467 e. The quantitative estimate of drug-likeness (QED) is 0.374. The lowest BCUT2D eigenvalue weighted by Gasteiger charge is -2.10. The molecule has 0 bridgehead atoms. The minimum Gasteiger partial charge on any atom is -0.467 e. The lowest BCUT2D eigenvalue weighted by Crippen LogP contribution is -2.04. The Balaban J connectivity index is 1.62. The summed E-state index contributed by atoms with van der Waals surface area (Å²) in [6.07, 6.45) is 2.98. The Morgan fingerprint density at radius 2 is 1.87 bits per heavy atom. The van der Waals surface area contributed by atoms with Crippen molar-refractivity contribution in [3.8, 4) is 11.4 Å². The number of aromatic nitrogens is 5. The third-order valence-corrected chi connectivity index (χ3v) is 5.48. The third-order valence-electron chi connectivity index (χ3n) is 4.47. The summed E-state index contributed by atoms with van der Waals surface area (Å²) in [5.74, 6) is 0.226. The Labute approximate surface area is 173 Å². The van der Waals surface area contributed by atoms with Gasteiger partial charge in [-0.15, -0.1) is 10.2 Å². The molecule has 3 heterocycles. The molecule has 0 spiro atoms. The van der Waals surface area contributed by atoms with E-state index in [4.69, 9.17) is 4.42 Å². The molecule has 3 aromatic heterocycles. The molecule has 0 fully saturated rings. The van der Waals surface area contributed by atoms with Gasteiger partial charge in [0.1, 0.15) is 28.7 Å². The van der Waals surface area contributed by atoms with Gasteiger partial charge in [-0.1, -0.05) is 12.1 Å². The lowest BCUT2D eigenvalue weighted by molar-refractivity contribution is 0.485. The lowest BCUT2D eigenvalue weighted by atomic mass is 10.2. The van der Waals surface area contributed by atoms with Crippen molar-refractivity contribution in [2.45, 2.75) is 16.7 Å². The molecule has 5 aromatic rings. The van der Waals surface area contributed by atoms with Gasteiger partial charge in [-0.2, -0.15) is 0 Å². The van der Waals surface area contributed by atoms with E-state index in [1.54, 1.807) is 41.2 Å². The Hall–Kier alpha value is -3.59. The van der Waals surface area contributed by atoms with Gasteiger partial charge >= 0.3 is 0 Å². The highest BCUT2D eigenvalue weighted by molar-refractivity contribution is 7.99. The normalized spacial score (nSPS) is 11.3. The number of fused-ring (bicyclic) bond motifs is 1. The van der Waals surface area contributed by atoms with Gasteiger partial charge in [0.2, 0.25) is 0 Å². The first-order chi connectivity index (χ1) is 14.7. The average molecular weight is 421 g/mol. The fourth-order valence-electron chi connectivity index (χ4n) is 3.08. The first kappa shape index (κ1) is 18.4. The van der Waals surface area contributed by atoms with E-state index in [2.05, 4.69) is 20.2 Å². The van der Waals surface area contributed by atoms with Crippen LogP contribution in [0.4, 0.5) is 8.78 Å². The molecule has 6 nitrogen and oxygen atoms in total. The Kier molecular flexibility index (Phi) is 4.72. The second-order valence-corrected chi connectivity index (χ2v) is 7.35. The second-order valence-electron chi connectivity index (χ2n) is 6.39. The number of halogens is 2. The molecule has 0 radical (unpaired) electrons. The van der Waals surface area contributed by atoms with Gasteiger partial charge in [0.05, 0.1) is 23.9 Å². The Morgan fingerprint density at radius 1 is 0.967 bits per heavy atom. The monoisotopic (exact) mass is 421 g/mol. The van der Waals surface area contributed by atoms with Crippen LogP contribution in [0.2, 0.25) is 0 Å². The molecule has 0 aliphatic rings. The summed E-state index contributed by atoms with van der Waals surface area (Å²) < 4.78 is 35.5. The maximum Gasteiger partial charge on any atom is 0.198 e. The highest BCUT2D eigenvalue weighted by Crippen LogP contribution is 2.33. The van der Waals surface area contributed by atoms with Gasteiger partial charge in [0.15, 0.2) is 11.0 Å². The smallest absolute Gasteiger partial charge is 0.198 e. The molecule has 0 unspecified atom stereocenters. The molecule has 0 aliphatic carbocycles. The fraction of sp³-hybridized carbons (Fsp3) is 0.0476. The maximum atomic E-state index is 14.4. The van der Waals surface area contributed by atoms with Crippen molar-refractivity contribution in [3.63, 3.8) is 0 Å². The molecule has 0 aliphatic heterocycles. The van der Waals surface area contributed by atoms with Crippen LogP contribution in [0.1, 0.15) is 5.76 Å². The average Bonchev–Trinajstić information content (AvgIpc) is 3.40. The first-order valence-corrected chi connectivity index (χ1v) is 9.79. The van der Waals surface area contributed by atoms with Crippen LogP contribution in [0, 0.1) is 11.6 Å². The molecular weight excluding hydrogens is 408 g/mol. The van der Waals surface area contributed by atoms with Gasteiger partial charge in [0, 0.05) is 5.39 Å². The number of rotatable bonds is 5. The molecule has 9 heteroatoms. The van der Waals surface area contributed by atoms with Crippen LogP contribution in [0.3, 0.4) is 0 Å². The van der Waals surface area contributed by atoms with Gasteiger partial charge in [-0.25, -0.2) is 18.7 Å². The van der Waals surface area contributed by atoms with E-state index in [0.29, 0.717) is 44.8 Å². The predicted molar refractivity (Wildman–Crippen MR) is 107 cm³/mol. The van der Waals surface area contributed by atoms with Crippen molar-refractivity contribution in [2.24, 2.45) is 0 Å². The van der Waals surface area contributed by atoms with Crippen molar-refractivity contribution in [3.05, 3.63) is 84.6 Å². The Morgan fingerprint density at radius 3 is 2.70 bits per heavy atom. The number of nitrogens with zero attached hydrogens (tertiary/aromatic N) is 5. The number of furan rings is 1. The zero-order valence-corrected chi connectivity index (χ0v) is 16.2. The van der Waals surface area contributed by atoms with Gasteiger partial charge in [-0.05, 0) is 54.2 Å². The van der Waals surface area contributed by atoms with E-state index in [1.807, 2.05) is 6.07 Å². The first-order valence-electron chi connectivity index (χ1n) is 8.97. The third kappa shape index (κ3) is 3.43. The second kappa shape index (κ2) is 7.68. The summed E-state index contributed by atoms with van der Waals surface area (Å²) in [6.45, 7) is 0.295. The predicted octanol–water partition coefficient (Wildman–Crippen LogP) is 4.96. The maximum absolute atomic E-state index is 14.4. The molecular formula is C21H13F2N5OS. The van der Waals surface area contributed by atoms with E-state index in [-0.39, 0.29) is 5.82 Å². The van der Waals surface area contributed by atoms with Crippen LogP contribution in [-0.4, -0.2) is 24.7 Å². The van der Waals surface area contributed by atoms with Crippen LogP contribution >= 0.6 is 11.8 Å². The van der Waals surface area contributed by atoms with E-state index in [0.717, 1.165) is 0 Å². The number of hydrogen-bond donors (Lipinski definition) is 0. The SMILES string of the molecule is Fc1ccc2ncnc(Sc3nnc(-c4ccccc4F)n3Cc3ccco3)c2c1. The van der Waals surface area contributed by atoms with Crippen molar-refractivity contribution in [2.75, 3.05) is 0 Å². The number of hydrogen-bond acceptors (Lipinski definition) is 6. The topological polar surface area (TPSA) is 69.6 Å². The highest BCUT2D eigenvalue weighted by Gasteiger charge is 2.20. The molecule has 0 N–H and O–H groups in total. The molecule has 5 rings (SSSR count). The fourth-order valence-corrected chi connectivity index (χ4v) is 3.97. The Bertz CT molecular complexity index is 1340. The summed E-state index contributed by atoms with van der Waals surface area (Å²) in [7, 11) is 0. The van der Waals surface area contributed by atoms with Crippen molar-refractivity contribution < 1.29 is 13.2 Å². The molecule has 2 aromatic carbocycles. The van der Waals surface area contributed by atoms with E-state index < -0.39 is 5.82 Å². The van der Waals surface area contributed by atoms with Crippen LogP contribution in [-0.2, 0) is 6.54 Å². The minimum atomic E-state index is -0.406. The van der Waals surface area contributed by atoms with E-state index in [1.165, 1.54) is 36.3 Å². The molecule has 0 saturated carbocycles. The highest BCUT2D eigenvalue weighted by atomic mass is 32.2. The molecule has 148 valence electrons. The summed E-state index contributed by atoms with van der Waals surface area (Å²) in [5.41, 5.74) is 0.933. The van der Waals surface area contributed by atoms with Crippen LogP contribution in [0.25, 0.3) is 22.3 Å². The zero-order chi connectivity index (χ0) is 20.5. The van der Waals surface area contributed by atoms with Gasteiger partial charge in [0.25, 0.3) is 0 Å². The standard InChI is InChI=1S/C21H13F2N5OS/c22-13-7-8-18-16(10-13)20(25-12-24-18)30-21-27-26-19(15-5-1-2-6-17(15)23)28(21)11-14-4-3-9-29-14/h1-10,12H,11H2. The van der Waals surface area contributed by atoms with Gasteiger partial charge in [-0.3, -0.25) is 4.57 Å². The number of benzene rings is 2. The van der Waals surface area contributed by atoms with Crippen LogP contribution < -0.4 is 0 Å². The molecule has 0 saturated heterocycles. The summed E-state index contributed by atoms with van der Waals surface area (Å²) in [6, 6.07) is 14.3. The van der Waals surface area contributed by atoms with Crippen LogP contribution in [0.5, 0.6) is 0 Å². The van der Waals surface area contributed by atoms with E-state index >= 15 is 0 Å². The molecule has 30 heavy (non-hydrogen) atoms. The van der Waals surface area contributed by atoms with Crippen molar-refractivity contribution >= 4 is 22.7 Å². The van der Waals surface area contributed by atoms with E-state index in [9.17, 15) is 8.78 Å². The van der Waals surface area contributed by atoms with Crippen molar-refractivity contribution in [1.29, 1.82) is 0 Å². The summed E-state index contributed by atoms with van der Waals surface area (Å²) in [4.78, 5) is 8.46. The summed E-state index contributed by atoms with van der Waals surface area (Å²) in [5, 5.41) is 10.0.